The Labute approximate surface area is 422 Å². The summed E-state index contributed by atoms with van der Waals surface area (Å²) < 4.78 is 38.3. The summed E-state index contributed by atoms with van der Waals surface area (Å²) in [5, 5.41) is 14.7. The molecule has 5 heterocycles. The molecule has 71 heavy (non-hydrogen) atoms. The summed E-state index contributed by atoms with van der Waals surface area (Å²) in [5.41, 5.74) is 3.03. The number of carbonyl (C=O) groups is 6. The van der Waals surface area contributed by atoms with Gasteiger partial charge in [0, 0.05) is 114 Å². The number of para-hydroxylation sites is 2. The first kappa shape index (κ1) is 54.4. The van der Waals surface area contributed by atoms with E-state index in [-0.39, 0.29) is 70.3 Å². The number of amides is 5. The first-order chi connectivity index (χ1) is 33.8. The Morgan fingerprint density at radius 3 is 1.96 bits per heavy atom. The topological polar surface area (TPSA) is 261 Å². The number of hydroxylamine groups is 2. The number of fused-ring (bicyclic) bond motifs is 3. The van der Waals surface area contributed by atoms with E-state index in [9.17, 15) is 41.7 Å². The molecular weight excluding hydrogens is 1110 g/mol. The van der Waals surface area contributed by atoms with Crippen LogP contribution in [0.5, 0.6) is 0 Å². The minimum absolute atomic E-state index is 0. The van der Waals surface area contributed by atoms with Crippen molar-refractivity contribution in [3.05, 3.63) is 146 Å². The second kappa shape index (κ2) is 27.0. The molecular formula is C49H49IrN10O10S-3. The van der Waals surface area contributed by atoms with E-state index < -0.39 is 51.5 Å². The van der Waals surface area contributed by atoms with E-state index in [1.165, 1.54) is 24.2 Å². The fourth-order valence-corrected chi connectivity index (χ4v) is 7.58. The van der Waals surface area contributed by atoms with Crippen molar-refractivity contribution in [3.8, 4) is 11.4 Å². The third kappa shape index (κ3) is 16.6. The van der Waals surface area contributed by atoms with Crippen molar-refractivity contribution in [3.63, 3.8) is 0 Å². The number of imide groups is 1. The zero-order valence-electron chi connectivity index (χ0n) is 38.4. The quantitative estimate of drug-likeness (QED) is 0.0400. The molecule has 20 nitrogen and oxygen atoms in total. The summed E-state index contributed by atoms with van der Waals surface area (Å²) in [4.78, 5) is 88.3. The maximum atomic E-state index is 13.2. The molecule has 8 rings (SSSR count). The molecule has 1 aliphatic heterocycles. The maximum absolute atomic E-state index is 13.2. The van der Waals surface area contributed by atoms with E-state index in [0.717, 1.165) is 16.8 Å². The maximum Gasteiger partial charge on any atom is 0.333 e. The first-order valence-corrected chi connectivity index (χ1v) is 23.7. The standard InChI is InChI=1S/C31H36N6O10S.2C9H7N2.Ir/c1-36(24(38)8-4-2-3-5-9-27(41)47-37-25(39)12-13-26(37)40)18-17-34-31(43)23(19-48(44,45)46)35-30(42)22-14-16-33-29-21(22)11-10-20-7-6-15-32-28(20)29;2*1-2-5-9(6-3-1)11-8-4-7-10-11;/h6-7,10-11,14-16,23H,2-5,8-9,12-13,17-19H2,1H3,(H,34,43)(H,35,42)(H,44,45,46);2*1-5,7-8H;/q;2*-1;/p-1. The molecule has 0 saturated carbocycles. The average molecular weight is 1160 g/mol. The third-order valence-electron chi connectivity index (χ3n) is 10.5. The van der Waals surface area contributed by atoms with Gasteiger partial charge in [0.2, 0.25) is 11.8 Å². The number of nitrogens with one attached hydrogen (secondary N) is 2. The van der Waals surface area contributed by atoms with E-state index in [0.29, 0.717) is 47.2 Å². The van der Waals surface area contributed by atoms with Crippen LogP contribution in [0.25, 0.3) is 33.2 Å². The van der Waals surface area contributed by atoms with Crippen LogP contribution in [0.4, 0.5) is 0 Å². The fraction of sp³-hybridized carbons (Fsp3) is 0.265. The molecule has 3 aromatic carbocycles. The van der Waals surface area contributed by atoms with Crippen LogP contribution < -0.4 is 10.6 Å². The van der Waals surface area contributed by atoms with Gasteiger partial charge in [0.05, 0.1) is 32.5 Å². The summed E-state index contributed by atoms with van der Waals surface area (Å²) >= 11 is 0. The van der Waals surface area contributed by atoms with Crippen molar-refractivity contribution >= 4 is 67.4 Å². The van der Waals surface area contributed by atoms with Gasteiger partial charge in [-0.2, -0.15) is 58.7 Å². The summed E-state index contributed by atoms with van der Waals surface area (Å²) in [5.74, 6) is -4.86. The number of pyridine rings is 2. The van der Waals surface area contributed by atoms with Gasteiger partial charge in [-0.1, -0.05) is 31.0 Å². The van der Waals surface area contributed by atoms with Gasteiger partial charge in [-0.15, -0.1) is 17.2 Å². The van der Waals surface area contributed by atoms with Crippen molar-refractivity contribution in [2.24, 2.45) is 0 Å². The van der Waals surface area contributed by atoms with Gasteiger partial charge in [0.25, 0.3) is 17.7 Å². The van der Waals surface area contributed by atoms with Crippen molar-refractivity contribution in [2.45, 2.75) is 57.4 Å². The van der Waals surface area contributed by atoms with Crippen molar-refractivity contribution < 1.29 is 66.7 Å². The molecule has 5 amide bonds. The molecule has 1 unspecified atom stereocenters. The van der Waals surface area contributed by atoms with Crippen LogP contribution in [0.3, 0.4) is 0 Å². The van der Waals surface area contributed by atoms with E-state index in [4.69, 9.17) is 4.84 Å². The summed E-state index contributed by atoms with van der Waals surface area (Å²) in [6, 6.07) is 32.1. The van der Waals surface area contributed by atoms with Crippen LogP contribution in [0.2, 0.25) is 0 Å². The largest absolute Gasteiger partial charge is 0.748 e. The Morgan fingerprint density at radius 1 is 0.761 bits per heavy atom. The van der Waals surface area contributed by atoms with Gasteiger partial charge >= 0.3 is 5.97 Å². The molecule has 1 radical (unpaired) electrons. The molecule has 2 N–H and O–H groups in total. The van der Waals surface area contributed by atoms with Gasteiger partial charge in [-0.3, -0.25) is 43.3 Å². The first-order valence-electron chi connectivity index (χ1n) is 22.2. The minimum Gasteiger partial charge on any atom is -0.748 e. The molecule has 373 valence electrons. The smallest absolute Gasteiger partial charge is 0.333 e. The van der Waals surface area contributed by atoms with E-state index in [2.05, 4.69) is 42.9 Å². The molecule has 7 aromatic rings. The Morgan fingerprint density at radius 2 is 1.38 bits per heavy atom. The Balaban J connectivity index is 0.000000327. The fourth-order valence-electron chi connectivity index (χ4n) is 6.94. The Bertz CT molecular complexity index is 2900. The van der Waals surface area contributed by atoms with Crippen LogP contribution in [0.15, 0.2) is 128 Å². The van der Waals surface area contributed by atoms with Crippen LogP contribution in [-0.2, 0) is 59.0 Å². The number of likely N-dealkylation sites (N-methyl/N-ethyl adjacent to an activating group) is 1. The Kier molecular flexibility index (Phi) is 20.7. The normalized spacial score (nSPS) is 12.4. The van der Waals surface area contributed by atoms with Gasteiger partial charge in [0.15, 0.2) is 0 Å². The van der Waals surface area contributed by atoms with Gasteiger partial charge in [-0.05, 0) is 48.5 Å². The second-order valence-corrected chi connectivity index (χ2v) is 17.1. The number of carbonyl (C=O) groups excluding carboxylic acids is 6. The van der Waals surface area contributed by atoms with Crippen LogP contribution in [-0.4, -0.2) is 120 Å². The van der Waals surface area contributed by atoms with Crippen LogP contribution in [0.1, 0.15) is 61.7 Å². The SMILES string of the molecule is CN(CCNC(=O)C(CS(=O)(=O)[O-])NC(=O)c1ccnc2c1ccc1cccnc12)C(=O)CCCCCCC(=O)ON1C(=O)CCC1=O.[Ir].[c-]1ccccc1-n1cccn1.[c-]1ccccc1-n1cccn1. The number of hydrogen-bond donors (Lipinski definition) is 2. The summed E-state index contributed by atoms with van der Waals surface area (Å²) in [7, 11) is -3.39. The molecule has 22 heteroatoms. The van der Waals surface area contributed by atoms with Crippen LogP contribution >= 0.6 is 0 Å². The summed E-state index contributed by atoms with van der Waals surface area (Å²) in [6.45, 7) is -0.00343. The van der Waals surface area contributed by atoms with Crippen LogP contribution in [0, 0.1) is 12.1 Å². The number of rotatable bonds is 18. The minimum atomic E-state index is -4.92. The van der Waals surface area contributed by atoms with Crippen molar-refractivity contribution in [1.29, 1.82) is 0 Å². The molecule has 0 bridgehead atoms. The molecule has 1 aliphatic rings. The van der Waals surface area contributed by atoms with E-state index in [1.807, 2.05) is 79.1 Å². The van der Waals surface area contributed by atoms with Crippen molar-refractivity contribution in [1.82, 2.24) is 50.1 Å². The number of benzene rings is 3. The molecule has 1 saturated heterocycles. The zero-order valence-corrected chi connectivity index (χ0v) is 41.6. The van der Waals surface area contributed by atoms with Gasteiger partial charge in [0.1, 0.15) is 6.04 Å². The second-order valence-electron chi connectivity index (χ2n) is 15.6. The predicted octanol–water partition coefficient (Wildman–Crippen LogP) is 4.29. The average Bonchev–Trinajstić information content (AvgIpc) is 4.18. The van der Waals surface area contributed by atoms with Gasteiger partial charge in [-0.25, -0.2) is 13.2 Å². The molecule has 0 spiro atoms. The Hall–Kier alpha value is -7.52. The monoisotopic (exact) mass is 1160 g/mol. The van der Waals surface area contributed by atoms with E-state index >= 15 is 0 Å². The van der Waals surface area contributed by atoms with Crippen molar-refractivity contribution in [2.75, 3.05) is 25.9 Å². The predicted molar refractivity (Wildman–Crippen MR) is 253 cm³/mol. The summed E-state index contributed by atoms with van der Waals surface area (Å²) in [6.07, 6.45) is 12.7. The van der Waals surface area contributed by atoms with E-state index in [1.54, 1.807) is 46.2 Å². The number of aromatic nitrogens is 6. The molecule has 0 aliphatic carbocycles. The molecule has 4 aromatic heterocycles. The number of nitrogens with zero attached hydrogens (tertiary/aromatic N) is 8. The number of unbranched alkanes of at least 4 members (excludes halogenated alkanes) is 3. The molecule has 1 fully saturated rings. The zero-order chi connectivity index (χ0) is 49.9. The number of hydrogen-bond acceptors (Lipinski definition) is 14. The van der Waals surface area contributed by atoms with Gasteiger partial charge < -0.3 is 24.9 Å². The molecule has 1 atom stereocenters. The third-order valence-corrected chi connectivity index (χ3v) is 11.2.